The second-order valence-electron chi connectivity index (χ2n) is 2.34. The second-order valence-corrected chi connectivity index (χ2v) is 2.34. The van der Waals surface area contributed by atoms with Crippen LogP contribution in [0.5, 0.6) is 0 Å². The van der Waals surface area contributed by atoms with Crippen LogP contribution in [-0.2, 0) is 9.53 Å². The van der Waals surface area contributed by atoms with Gasteiger partial charge in [0, 0.05) is 13.0 Å². The topological polar surface area (TPSA) is 58.6 Å². The fraction of sp³-hybridized carbons (Fsp3) is 0.833. The number of aliphatic hydroxyl groups is 1. The van der Waals surface area contributed by atoms with Gasteiger partial charge in [-0.15, -0.1) is 0 Å². The highest BCUT2D eigenvalue weighted by molar-refractivity contribution is 5.76. The van der Waals surface area contributed by atoms with Crippen molar-refractivity contribution in [2.24, 2.45) is 0 Å². The molecule has 0 radical (unpaired) electrons. The number of hydrogen-bond donors (Lipinski definition) is 2. The molecule has 1 saturated heterocycles. The minimum atomic E-state index is -0.296. The summed E-state index contributed by atoms with van der Waals surface area (Å²) in [7, 11) is 1.35. The SMILES string of the molecule is [2H]O[C@@H]1CN[C@H](C(=O)OC)C1. The predicted molar refractivity (Wildman–Crippen MR) is 34.4 cm³/mol. The molecule has 1 aliphatic rings. The maximum atomic E-state index is 10.9. The van der Waals surface area contributed by atoms with E-state index in [1.54, 1.807) is 0 Å². The molecule has 0 aromatic heterocycles. The maximum absolute atomic E-state index is 10.9. The van der Waals surface area contributed by atoms with Gasteiger partial charge in [0.1, 0.15) is 6.04 Å². The molecule has 0 saturated carbocycles. The van der Waals surface area contributed by atoms with Gasteiger partial charge in [-0.25, -0.2) is 0 Å². The van der Waals surface area contributed by atoms with Crippen LogP contribution >= 0.6 is 0 Å². The molecule has 0 aromatic rings. The summed E-state index contributed by atoms with van der Waals surface area (Å²) in [6, 6.07) is -0.296. The summed E-state index contributed by atoms with van der Waals surface area (Å²) in [5, 5.41) is 7.20. The van der Waals surface area contributed by atoms with Gasteiger partial charge in [0.15, 0.2) is 0 Å². The molecule has 0 bridgehead atoms. The molecule has 1 heterocycles. The molecule has 2 N–H and O–H groups in total. The molecular weight excluding hydrogens is 134 g/mol. The number of carbonyl (C=O) groups excluding carboxylic acids is 1. The standard InChI is InChI=1S/C6H11NO3/c1-10-6(9)5-2-4(8)3-7-5/h4-5,7-8H,2-3H2,1H3/t4-,5-/m0/s1/i8D. The van der Waals surface area contributed by atoms with Crippen molar-refractivity contribution in [3.8, 4) is 0 Å². The fourth-order valence-electron chi connectivity index (χ4n) is 1.03. The van der Waals surface area contributed by atoms with E-state index in [9.17, 15) is 4.79 Å². The van der Waals surface area contributed by atoms with E-state index in [0.29, 0.717) is 13.0 Å². The summed E-state index contributed by atoms with van der Waals surface area (Å²) in [4.78, 5) is 10.9. The van der Waals surface area contributed by atoms with Crippen LogP contribution in [0, 0.1) is 0 Å². The van der Waals surface area contributed by atoms with E-state index in [1.807, 2.05) is 0 Å². The van der Waals surface area contributed by atoms with Crippen LogP contribution in [0.15, 0.2) is 0 Å². The van der Waals surface area contributed by atoms with E-state index in [-0.39, 0.29) is 18.1 Å². The van der Waals surface area contributed by atoms with Gasteiger partial charge in [0.05, 0.1) is 13.2 Å². The summed E-state index contributed by atoms with van der Waals surface area (Å²) in [6.07, 6.45) is 0.343. The van der Waals surface area contributed by atoms with Crippen LogP contribution in [0.2, 0.25) is 0 Å². The van der Waals surface area contributed by atoms with Gasteiger partial charge in [-0.3, -0.25) is 4.79 Å². The average molecular weight is 146 g/mol. The van der Waals surface area contributed by atoms with Crippen molar-refractivity contribution >= 4 is 5.97 Å². The van der Waals surface area contributed by atoms with Crippen LogP contribution < -0.4 is 5.32 Å². The smallest absolute Gasteiger partial charge is 0.322 e. The van der Waals surface area contributed by atoms with E-state index >= 15 is 0 Å². The summed E-state index contributed by atoms with van der Waals surface area (Å²) >= 11 is 0. The van der Waals surface area contributed by atoms with Crippen molar-refractivity contribution in [3.63, 3.8) is 0 Å². The lowest BCUT2D eigenvalue weighted by molar-refractivity contribution is -0.142. The van der Waals surface area contributed by atoms with E-state index < -0.39 is 0 Å². The first kappa shape index (κ1) is 6.12. The van der Waals surface area contributed by atoms with Gasteiger partial charge in [-0.2, -0.15) is 0 Å². The molecule has 1 fully saturated rings. The molecule has 4 nitrogen and oxygen atoms in total. The van der Waals surface area contributed by atoms with Crippen LogP contribution in [0.25, 0.3) is 0 Å². The average Bonchev–Trinajstić information content (AvgIpc) is 2.50. The van der Waals surface area contributed by atoms with Crippen molar-refractivity contribution in [1.29, 1.82) is 1.43 Å². The largest absolute Gasteiger partial charge is 0.468 e. The molecule has 0 aromatic carbocycles. The van der Waals surface area contributed by atoms with Crippen LogP contribution in [0.1, 0.15) is 6.42 Å². The minimum absolute atomic E-state index is 0.181. The van der Waals surface area contributed by atoms with Gasteiger partial charge >= 0.3 is 5.97 Å². The number of carbonyl (C=O) groups is 1. The zero-order chi connectivity index (χ0) is 8.27. The number of aliphatic hydroxyl groups excluding tert-OH is 1. The summed E-state index contributed by atoms with van der Waals surface area (Å²) in [5.74, 6) is -0.287. The Labute approximate surface area is 60.7 Å². The van der Waals surface area contributed by atoms with Crippen molar-refractivity contribution < 1.29 is 14.6 Å². The van der Waals surface area contributed by atoms with E-state index in [1.165, 1.54) is 7.11 Å². The van der Waals surface area contributed by atoms with Crippen LogP contribution in [0.4, 0.5) is 0 Å². The van der Waals surface area contributed by atoms with E-state index in [2.05, 4.69) is 15.2 Å². The third kappa shape index (κ3) is 1.46. The van der Waals surface area contributed by atoms with Crippen molar-refractivity contribution in [1.82, 2.24) is 5.32 Å². The zero-order valence-electron chi connectivity index (χ0n) is 6.79. The van der Waals surface area contributed by atoms with E-state index in [0.717, 1.165) is 0 Å². The molecule has 0 spiro atoms. The van der Waals surface area contributed by atoms with Gasteiger partial charge < -0.3 is 15.2 Å². The van der Waals surface area contributed by atoms with Crippen LogP contribution in [-0.4, -0.2) is 38.3 Å². The van der Waals surface area contributed by atoms with Crippen molar-refractivity contribution in [2.75, 3.05) is 13.7 Å². The summed E-state index contributed by atoms with van der Waals surface area (Å²) in [6.45, 7) is 0.545. The second kappa shape index (κ2) is 2.98. The maximum Gasteiger partial charge on any atom is 0.322 e. The number of nitrogens with one attached hydrogen (secondary N) is 1. The Morgan fingerprint density at radius 1 is 2.00 bits per heavy atom. The monoisotopic (exact) mass is 146 g/mol. The lowest BCUT2D eigenvalue weighted by Gasteiger charge is -2.05. The zero-order valence-corrected chi connectivity index (χ0v) is 5.79. The minimum Gasteiger partial charge on any atom is -0.468 e. The number of ether oxygens (including phenoxy) is 1. The van der Waals surface area contributed by atoms with Gasteiger partial charge in [0.2, 0.25) is 1.43 Å². The number of methoxy groups -OCH3 is 1. The highest BCUT2D eigenvalue weighted by Crippen LogP contribution is 2.06. The normalized spacial score (nSPS) is 33.5. The Kier molecular flexibility index (Phi) is 1.83. The summed E-state index contributed by atoms with van der Waals surface area (Å²) < 4.78 is 11.1. The molecule has 0 unspecified atom stereocenters. The Morgan fingerprint density at radius 2 is 2.80 bits per heavy atom. The molecule has 2 atom stereocenters. The molecule has 1 rings (SSSR count). The number of rotatable bonds is 2. The van der Waals surface area contributed by atoms with Gasteiger partial charge in [-0.05, 0) is 0 Å². The molecule has 0 aliphatic carbocycles. The lowest BCUT2D eigenvalue weighted by Crippen LogP contribution is -2.31. The Hall–Kier alpha value is -0.610. The van der Waals surface area contributed by atoms with Gasteiger partial charge in [0.25, 0.3) is 0 Å². The first-order valence-electron chi connectivity index (χ1n) is 3.62. The third-order valence-corrected chi connectivity index (χ3v) is 1.58. The van der Waals surface area contributed by atoms with E-state index in [4.69, 9.17) is 1.43 Å². The summed E-state index contributed by atoms with van der Waals surface area (Å²) in [5.41, 5.74) is 0. The molecule has 58 valence electrons. The lowest BCUT2D eigenvalue weighted by atomic mass is 10.2. The quantitative estimate of drug-likeness (QED) is 0.485. The number of hydrogen-bond acceptors (Lipinski definition) is 4. The predicted octanol–water partition coefficient (Wildman–Crippen LogP) is -1.12. The van der Waals surface area contributed by atoms with Crippen molar-refractivity contribution in [2.45, 2.75) is 18.6 Å². The first-order valence-corrected chi connectivity index (χ1v) is 3.21. The number of β-amino-alcohol motifs (C(OH)–C–C–N with tert-alkyl or cyclic N) is 1. The third-order valence-electron chi connectivity index (χ3n) is 1.58. The molecular formula is C6H11NO3. The van der Waals surface area contributed by atoms with Crippen molar-refractivity contribution in [3.05, 3.63) is 0 Å². The van der Waals surface area contributed by atoms with Gasteiger partial charge in [-0.1, -0.05) is 0 Å². The Balaban J connectivity index is 2.35. The Bertz CT molecular complexity index is 153. The van der Waals surface area contributed by atoms with Crippen LogP contribution in [0.3, 0.4) is 0 Å². The highest BCUT2D eigenvalue weighted by Gasteiger charge is 2.28. The fourth-order valence-corrected chi connectivity index (χ4v) is 1.03. The highest BCUT2D eigenvalue weighted by atomic mass is 16.5. The molecule has 0 amide bonds. The first-order chi connectivity index (χ1) is 5.27. The number of esters is 1. The molecule has 1 aliphatic heterocycles. The molecule has 4 heteroatoms. The molecule has 10 heavy (non-hydrogen) atoms. The Morgan fingerprint density at radius 3 is 3.30 bits per heavy atom.